The second-order valence-corrected chi connectivity index (χ2v) is 6.23. The lowest BCUT2D eigenvalue weighted by atomic mass is 10.1. The first kappa shape index (κ1) is 15.1. The summed E-state index contributed by atoms with van der Waals surface area (Å²) in [6.07, 6.45) is 4.96. The fourth-order valence-corrected chi connectivity index (χ4v) is 2.24. The molecule has 0 radical (unpaired) electrons. The quantitative estimate of drug-likeness (QED) is 0.908. The Hall–Kier alpha value is -1.34. The second-order valence-electron chi connectivity index (χ2n) is 4.91. The molecule has 0 aliphatic rings. The third-order valence-corrected chi connectivity index (χ3v) is 3.83. The second kappa shape index (κ2) is 5.57. The van der Waals surface area contributed by atoms with Crippen LogP contribution >= 0.6 is 27.5 Å². The molecule has 1 N–H and O–H groups in total. The Morgan fingerprint density at radius 2 is 2.15 bits per heavy atom. The van der Waals surface area contributed by atoms with Crippen LogP contribution in [-0.2, 0) is 23.9 Å². The van der Waals surface area contributed by atoms with Gasteiger partial charge in [-0.25, -0.2) is 0 Å². The molecule has 0 aliphatic heterocycles. The molecule has 0 spiro atoms. The van der Waals surface area contributed by atoms with Crippen molar-refractivity contribution in [3.63, 3.8) is 0 Å². The molecule has 0 atom stereocenters. The van der Waals surface area contributed by atoms with Gasteiger partial charge in [0, 0.05) is 13.2 Å². The molecule has 0 saturated heterocycles. The summed E-state index contributed by atoms with van der Waals surface area (Å²) in [6.45, 7) is 3.92. The van der Waals surface area contributed by atoms with E-state index in [4.69, 9.17) is 11.6 Å². The maximum atomic E-state index is 12.3. The van der Waals surface area contributed by atoms with E-state index in [2.05, 4.69) is 31.4 Å². The molecule has 0 fully saturated rings. The van der Waals surface area contributed by atoms with Gasteiger partial charge in [0.25, 0.3) is 0 Å². The minimum absolute atomic E-state index is 0.148. The Bertz CT molecular complexity index is 614. The first-order valence-electron chi connectivity index (χ1n) is 5.97. The van der Waals surface area contributed by atoms with Crippen LogP contribution in [0.1, 0.15) is 19.5 Å². The van der Waals surface area contributed by atoms with Crippen LogP contribution in [-0.4, -0.2) is 25.5 Å². The predicted octanol–water partition coefficient (Wildman–Crippen LogP) is 2.08. The molecule has 2 aromatic heterocycles. The number of rotatable bonds is 4. The molecule has 8 heteroatoms. The van der Waals surface area contributed by atoms with Crippen molar-refractivity contribution in [3.05, 3.63) is 33.8 Å². The van der Waals surface area contributed by atoms with Crippen molar-refractivity contribution < 1.29 is 4.79 Å². The van der Waals surface area contributed by atoms with Crippen LogP contribution in [0.25, 0.3) is 0 Å². The van der Waals surface area contributed by atoms with Gasteiger partial charge >= 0.3 is 0 Å². The van der Waals surface area contributed by atoms with Crippen LogP contribution in [0, 0.1) is 0 Å². The summed E-state index contributed by atoms with van der Waals surface area (Å²) in [4.78, 5) is 12.3. The molecule has 0 aliphatic carbocycles. The summed E-state index contributed by atoms with van der Waals surface area (Å²) in [5, 5.41) is 11.6. The number of nitrogens with zero attached hydrogens (tertiary/aromatic N) is 4. The molecule has 2 heterocycles. The Morgan fingerprint density at radius 3 is 2.65 bits per heavy atom. The van der Waals surface area contributed by atoms with E-state index in [9.17, 15) is 4.79 Å². The van der Waals surface area contributed by atoms with Gasteiger partial charge in [-0.1, -0.05) is 11.6 Å². The van der Waals surface area contributed by atoms with Crippen LogP contribution in [0.15, 0.2) is 23.1 Å². The Balaban J connectivity index is 2.08. The molecule has 1 amide bonds. The number of aromatic nitrogens is 4. The van der Waals surface area contributed by atoms with Gasteiger partial charge in [-0.05, 0) is 29.8 Å². The highest BCUT2D eigenvalue weighted by molar-refractivity contribution is 9.10. The summed E-state index contributed by atoms with van der Waals surface area (Å²) in [5.41, 5.74) is -0.0330. The fraction of sp³-hybridized carbons (Fsp3) is 0.417. The largest absolute Gasteiger partial charge is 0.348 e. The normalized spacial score (nSPS) is 11.7. The summed E-state index contributed by atoms with van der Waals surface area (Å²) in [6, 6.07) is 0. The number of carbonyl (C=O) groups excluding carboxylic acids is 1. The third kappa shape index (κ3) is 2.88. The average molecular weight is 361 g/mol. The van der Waals surface area contributed by atoms with Gasteiger partial charge in [0.1, 0.15) is 5.54 Å². The van der Waals surface area contributed by atoms with Crippen molar-refractivity contribution in [2.75, 3.05) is 0 Å². The van der Waals surface area contributed by atoms with Gasteiger partial charge in [0.2, 0.25) is 5.91 Å². The van der Waals surface area contributed by atoms with E-state index in [0.29, 0.717) is 11.6 Å². The Kier molecular flexibility index (Phi) is 4.19. The summed E-state index contributed by atoms with van der Waals surface area (Å²) >= 11 is 9.32. The van der Waals surface area contributed by atoms with E-state index in [-0.39, 0.29) is 5.91 Å². The van der Waals surface area contributed by atoms with E-state index < -0.39 is 5.54 Å². The van der Waals surface area contributed by atoms with Gasteiger partial charge < -0.3 is 5.32 Å². The van der Waals surface area contributed by atoms with Crippen molar-refractivity contribution in [2.45, 2.75) is 25.9 Å². The molecule has 20 heavy (non-hydrogen) atoms. The van der Waals surface area contributed by atoms with Gasteiger partial charge in [-0.2, -0.15) is 10.2 Å². The number of halogens is 2. The summed E-state index contributed by atoms with van der Waals surface area (Å²) < 4.78 is 4.07. The molecule has 0 unspecified atom stereocenters. The molecule has 0 saturated carbocycles. The van der Waals surface area contributed by atoms with Gasteiger partial charge in [-0.3, -0.25) is 14.2 Å². The summed E-state index contributed by atoms with van der Waals surface area (Å²) in [7, 11) is 1.78. The predicted molar refractivity (Wildman–Crippen MR) is 79.3 cm³/mol. The lowest BCUT2D eigenvalue weighted by molar-refractivity contribution is -0.129. The van der Waals surface area contributed by atoms with Crippen LogP contribution in [0.2, 0.25) is 5.02 Å². The zero-order valence-corrected chi connectivity index (χ0v) is 13.7. The standard InChI is InChI=1S/C12H15BrClN5O/c1-12(2,19-7-8(13)4-17-19)11(20)15-6-10-9(14)5-16-18(10)3/h4-5,7H,6H2,1-3H3,(H,15,20). The Labute approximate surface area is 130 Å². The maximum absolute atomic E-state index is 12.3. The van der Waals surface area contributed by atoms with E-state index in [0.717, 1.165) is 10.2 Å². The highest BCUT2D eigenvalue weighted by Crippen LogP contribution is 2.19. The number of amides is 1. The molecule has 2 rings (SSSR count). The zero-order valence-electron chi connectivity index (χ0n) is 11.4. The van der Waals surface area contributed by atoms with Crippen LogP contribution < -0.4 is 5.32 Å². The van der Waals surface area contributed by atoms with Crippen LogP contribution in [0.5, 0.6) is 0 Å². The minimum Gasteiger partial charge on any atom is -0.348 e. The van der Waals surface area contributed by atoms with E-state index >= 15 is 0 Å². The molecule has 0 aromatic carbocycles. The van der Waals surface area contributed by atoms with Crippen LogP contribution in [0.4, 0.5) is 0 Å². The number of hydrogen-bond acceptors (Lipinski definition) is 3. The maximum Gasteiger partial charge on any atom is 0.247 e. The first-order chi connectivity index (χ1) is 9.32. The lowest BCUT2D eigenvalue weighted by Gasteiger charge is -2.24. The van der Waals surface area contributed by atoms with Crippen molar-refractivity contribution >= 4 is 33.4 Å². The van der Waals surface area contributed by atoms with Crippen LogP contribution in [0.3, 0.4) is 0 Å². The number of carbonyl (C=O) groups is 1. The highest BCUT2D eigenvalue weighted by atomic mass is 79.9. The van der Waals surface area contributed by atoms with Crippen molar-refractivity contribution in [3.8, 4) is 0 Å². The van der Waals surface area contributed by atoms with Crippen molar-refractivity contribution in [1.29, 1.82) is 0 Å². The Morgan fingerprint density at radius 1 is 1.45 bits per heavy atom. The molecule has 0 bridgehead atoms. The van der Waals surface area contributed by atoms with Gasteiger partial charge in [0.05, 0.1) is 34.1 Å². The average Bonchev–Trinajstić information content (AvgIpc) is 2.95. The van der Waals surface area contributed by atoms with E-state index in [1.807, 2.05) is 0 Å². The minimum atomic E-state index is -0.795. The number of nitrogens with one attached hydrogen (secondary N) is 1. The molecule has 108 valence electrons. The number of hydrogen-bond donors (Lipinski definition) is 1. The molecule has 2 aromatic rings. The fourth-order valence-electron chi connectivity index (χ4n) is 1.73. The highest BCUT2D eigenvalue weighted by Gasteiger charge is 2.30. The topological polar surface area (TPSA) is 64.7 Å². The summed E-state index contributed by atoms with van der Waals surface area (Å²) in [5.74, 6) is -0.148. The van der Waals surface area contributed by atoms with Gasteiger partial charge in [-0.15, -0.1) is 0 Å². The molecule has 6 nitrogen and oxygen atoms in total. The number of aryl methyl sites for hydroxylation is 1. The van der Waals surface area contributed by atoms with E-state index in [1.54, 1.807) is 48.8 Å². The molecular formula is C12H15BrClN5O. The SMILES string of the molecule is Cn1ncc(Cl)c1CNC(=O)C(C)(C)n1cc(Br)cn1. The zero-order chi connectivity index (χ0) is 14.9. The molecular weight excluding hydrogens is 346 g/mol. The lowest BCUT2D eigenvalue weighted by Crippen LogP contribution is -2.44. The smallest absolute Gasteiger partial charge is 0.247 e. The first-order valence-corrected chi connectivity index (χ1v) is 7.15. The monoisotopic (exact) mass is 359 g/mol. The van der Waals surface area contributed by atoms with Crippen molar-refractivity contribution in [1.82, 2.24) is 24.9 Å². The van der Waals surface area contributed by atoms with E-state index in [1.165, 1.54) is 0 Å². The third-order valence-electron chi connectivity index (χ3n) is 3.11. The van der Waals surface area contributed by atoms with Crippen molar-refractivity contribution in [2.24, 2.45) is 7.05 Å². The van der Waals surface area contributed by atoms with Gasteiger partial charge in [0.15, 0.2) is 0 Å².